The van der Waals surface area contributed by atoms with E-state index in [9.17, 15) is 9.59 Å². The smallest absolute Gasteiger partial charge is 0.282 e. The van der Waals surface area contributed by atoms with E-state index in [1.54, 1.807) is 0 Å². The third-order valence-electron chi connectivity index (χ3n) is 5.63. The summed E-state index contributed by atoms with van der Waals surface area (Å²) in [5.74, 6) is 0.0524. The quantitative estimate of drug-likeness (QED) is 0.499. The fourth-order valence-electron chi connectivity index (χ4n) is 4.25. The topological polar surface area (TPSA) is 58.6 Å². The van der Waals surface area contributed by atoms with E-state index in [4.69, 9.17) is 4.74 Å². The predicted octanol–water partition coefficient (Wildman–Crippen LogP) is 5.72. The molecule has 3 aromatic rings. The van der Waals surface area contributed by atoms with Gasteiger partial charge in [-0.15, -0.1) is 0 Å². The molecular formula is C28H28N2O3. The fourth-order valence-corrected chi connectivity index (χ4v) is 4.25. The third kappa shape index (κ3) is 4.40. The number of hydrogen-bond acceptors (Lipinski definition) is 4. The maximum atomic E-state index is 13.7. The number of hydrogen-bond donors (Lipinski definition) is 1. The van der Waals surface area contributed by atoms with E-state index >= 15 is 0 Å². The Bertz CT molecular complexity index is 1250. The SMILES string of the molecule is CCOc1ccc(NC2=C(c3ccc(C)cc3C)C(=O)N(c3cc(C)cc(C)c3)C2=O)cc1. The lowest BCUT2D eigenvalue weighted by Gasteiger charge is -2.17. The maximum Gasteiger partial charge on any atom is 0.282 e. The number of aryl methyl sites for hydroxylation is 4. The van der Waals surface area contributed by atoms with Gasteiger partial charge in [-0.2, -0.15) is 0 Å². The maximum absolute atomic E-state index is 13.7. The molecular weight excluding hydrogens is 412 g/mol. The van der Waals surface area contributed by atoms with Crippen LogP contribution in [0.4, 0.5) is 11.4 Å². The molecule has 168 valence electrons. The van der Waals surface area contributed by atoms with Crippen LogP contribution in [0.25, 0.3) is 5.57 Å². The van der Waals surface area contributed by atoms with E-state index in [1.165, 1.54) is 4.90 Å². The Kier molecular flexibility index (Phi) is 6.05. The van der Waals surface area contributed by atoms with Gasteiger partial charge >= 0.3 is 0 Å². The van der Waals surface area contributed by atoms with Gasteiger partial charge in [0.05, 0.1) is 17.9 Å². The first-order chi connectivity index (χ1) is 15.8. The Hall–Kier alpha value is -3.86. The molecule has 1 N–H and O–H groups in total. The molecule has 2 amide bonds. The Balaban J connectivity index is 1.82. The van der Waals surface area contributed by atoms with Crippen molar-refractivity contribution in [1.82, 2.24) is 0 Å². The average Bonchev–Trinajstić information content (AvgIpc) is 2.99. The van der Waals surface area contributed by atoms with Gasteiger partial charge in [-0.1, -0.05) is 29.8 Å². The number of nitrogens with zero attached hydrogens (tertiary/aromatic N) is 1. The molecule has 0 unspecified atom stereocenters. The van der Waals surface area contributed by atoms with Crippen LogP contribution in [-0.4, -0.2) is 18.4 Å². The van der Waals surface area contributed by atoms with E-state index in [-0.39, 0.29) is 17.5 Å². The molecule has 1 aliphatic heterocycles. The zero-order valence-electron chi connectivity index (χ0n) is 19.7. The van der Waals surface area contributed by atoms with Crippen molar-refractivity contribution < 1.29 is 14.3 Å². The highest BCUT2D eigenvalue weighted by molar-refractivity contribution is 6.46. The Labute approximate surface area is 194 Å². The molecule has 0 saturated carbocycles. The minimum Gasteiger partial charge on any atom is -0.494 e. The molecule has 0 aliphatic carbocycles. The van der Waals surface area contributed by atoms with Crippen molar-refractivity contribution in [2.75, 3.05) is 16.8 Å². The summed E-state index contributed by atoms with van der Waals surface area (Å²) in [6.45, 7) is 10.4. The number of nitrogens with one attached hydrogen (secondary N) is 1. The molecule has 0 saturated heterocycles. The first-order valence-corrected chi connectivity index (χ1v) is 11.1. The lowest BCUT2D eigenvalue weighted by Crippen LogP contribution is -2.32. The summed E-state index contributed by atoms with van der Waals surface area (Å²) in [6.07, 6.45) is 0. The lowest BCUT2D eigenvalue weighted by molar-refractivity contribution is -0.120. The van der Waals surface area contributed by atoms with E-state index in [0.717, 1.165) is 33.6 Å². The molecule has 0 aromatic heterocycles. The molecule has 5 nitrogen and oxygen atoms in total. The standard InChI is InChI=1S/C28H28N2O3/c1-6-33-23-10-8-21(9-11-23)29-26-25(24-12-7-17(2)14-20(24)5)27(31)30(28(26)32)22-15-18(3)13-19(4)16-22/h7-16,29H,6H2,1-5H3. The molecule has 0 atom stereocenters. The Morgan fingerprint density at radius 3 is 2.06 bits per heavy atom. The molecule has 0 fully saturated rings. The lowest BCUT2D eigenvalue weighted by atomic mass is 9.97. The summed E-state index contributed by atoms with van der Waals surface area (Å²) in [5.41, 5.74) is 6.71. The van der Waals surface area contributed by atoms with Crippen molar-refractivity contribution in [3.8, 4) is 5.75 Å². The summed E-state index contributed by atoms with van der Waals surface area (Å²) in [7, 11) is 0. The molecule has 5 heteroatoms. The number of rotatable bonds is 6. The van der Waals surface area contributed by atoms with Gasteiger partial charge in [-0.05, 0) is 93.3 Å². The average molecular weight is 441 g/mol. The van der Waals surface area contributed by atoms with Crippen molar-refractivity contribution in [3.63, 3.8) is 0 Å². The molecule has 0 radical (unpaired) electrons. The van der Waals surface area contributed by atoms with Gasteiger partial charge in [0.1, 0.15) is 11.4 Å². The minimum absolute atomic E-state index is 0.273. The fraction of sp³-hybridized carbons (Fsp3) is 0.214. The van der Waals surface area contributed by atoms with Crippen LogP contribution in [0.2, 0.25) is 0 Å². The van der Waals surface area contributed by atoms with Crippen LogP contribution in [0.15, 0.2) is 66.4 Å². The van der Waals surface area contributed by atoms with Crippen LogP contribution in [-0.2, 0) is 9.59 Å². The van der Waals surface area contributed by atoms with Gasteiger partial charge in [0.2, 0.25) is 0 Å². The molecule has 1 aliphatic rings. The number of anilines is 2. The van der Waals surface area contributed by atoms with E-state index < -0.39 is 0 Å². The van der Waals surface area contributed by atoms with Crippen LogP contribution in [0.3, 0.4) is 0 Å². The third-order valence-corrected chi connectivity index (χ3v) is 5.63. The summed E-state index contributed by atoms with van der Waals surface area (Å²) in [4.78, 5) is 28.6. The number of amides is 2. The number of carbonyl (C=O) groups is 2. The second-order valence-corrected chi connectivity index (χ2v) is 8.44. The van der Waals surface area contributed by atoms with Crippen LogP contribution < -0.4 is 15.0 Å². The Morgan fingerprint density at radius 1 is 0.788 bits per heavy atom. The van der Waals surface area contributed by atoms with Crippen LogP contribution in [0.1, 0.15) is 34.7 Å². The van der Waals surface area contributed by atoms with Crippen molar-refractivity contribution >= 4 is 28.8 Å². The number of ether oxygens (including phenoxy) is 1. The monoisotopic (exact) mass is 440 g/mol. The summed E-state index contributed by atoms with van der Waals surface area (Å²) in [6, 6.07) is 19.0. The minimum atomic E-state index is -0.367. The van der Waals surface area contributed by atoms with Crippen LogP contribution in [0.5, 0.6) is 5.75 Å². The first-order valence-electron chi connectivity index (χ1n) is 11.1. The van der Waals surface area contributed by atoms with Crippen molar-refractivity contribution in [2.24, 2.45) is 0 Å². The number of imide groups is 1. The zero-order valence-corrected chi connectivity index (χ0v) is 19.7. The van der Waals surface area contributed by atoms with Crippen molar-refractivity contribution in [2.45, 2.75) is 34.6 Å². The highest BCUT2D eigenvalue weighted by Gasteiger charge is 2.40. The van der Waals surface area contributed by atoms with E-state index in [1.807, 2.05) is 95.3 Å². The van der Waals surface area contributed by atoms with Crippen molar-refractivity contribution in [1.29, 1.82) is 0 Å². The van der Waals surface area contributed by atoms with Crippen molar-refractivity contribution in [3.05, 3.63) is 94.2 Å². The summed E-state index contributed by atoms with van der Waals surface area (Å²) < 4.78 is 5.51. The van der Waals surface area contributed by atoms with Gasteiger partial charge < -0.3 is 10.1 Å². The van der Waals surface area contributed by atoms with Gasteiger partial charge in [-0.3, -0.25) is 9.59 Å². The second kappa shape index (κ2) is 8.94. The van der Waals surface area contributed by atoms with Crippen LogP contribution >= 0.6 is 0 Å². The van der Waals surface area contributed by atoms with Gasteiger partial charge in [0.15, 0.2) is 0 Å². The number of benzene rings is 3. The normalized spacial score (nSPS) is 13.7. The van der Waals surface area contributed by atoms with Gasteiger partial charge in [-0.25, -0.2) is 4.90 Å². The highest BCUT2D eigenvalue weighted by Crippen LogP contribution is 2.36. The predicted molar refractivity (Wildman–Crippen MR) is 132 cm³/mol. The molecule has 1 heterocycles. The van der Waals surface area contributed by atoms with E-state index in [2.05, 4.69) is 5.32 Å². The van der Waals surface area contributed by atoms with Crippen LogP contribution in [0, 0.1) is 27.7 Å². The summed E-state index contributed by atoms with van der Waals surface area (Å²) in [5, 5.41) is 3.22. The second-order valence-electron chi connectivity index (χ2n) is 8.44. The summed E-state index contributed by atoms with van der Waals surface area (Å²) >= 11 is 0. The highest BCUT2D eigenvalue weighted by atomic mass is 16.5. The molecule has 0 spiro atoms. The molecule has 33 heavy (non-hydrogen) atoms. The number of carbonyl (C=O) groups excluding carboxylic acids is 2. The first kappa shape index (κ1) is 22.3. The molecule has 4 rings (SSSR count). The van der Waals surface area contributed by atoms with Gasteiger partial charge in [0, 0.05) is 5.69 Å². The zero-order chi connectivity index (χ0) is 23.7. The van der Waals surface area contributed by atoms with E-state index in [0.29, 0.717) is 23.6 Å². The largest absolute Gasteiger partial charge is 0.494 e. The Morgan fingerprint density at radius 2 is 1.45 bits per heavy atom. The molecule has 0 bridgehead atoms. The van der Waals surface area contributed by atoms with Gasteiger partial charge in [0.25, 0.3) is 11.8 Å². The molecule has 3 aromatic carbocycles.